The fourth-order valence-electron chi connectivity index (χ4n) is 3.63. The zero-order valence-electron chi connectivity index (χ0n) is 20.7. The molecule has 8 nitrogen and oxygen atoms in total. The number of rotatable bonds is 13. The van der Waals surface area contributed by atoms with Gasteiger partial charge in [0.05, 0.1) is 19.1 Å². The van der Waals surface area contributed by atoms with Gasteiger partial charge in [-0.3, -0.25) is 13.9 Å². The maximum absolute atomic E-state index is 13.3. The molecule has 1 atom stereocenters. The summed E-state index contributed by atoms with van der Waals surface area (Å²) in [5.41, 5.74) is 1.21. The van der Waals surface area contributed by atoms with Gasteiger partial charge < -0.3 is 15.0 Å². The van der Waals surface area contributed by atoms with E-state index in [1.54, 1.807) is 49.4 Å². The molecule has 192 valence electrons. The van der Waals surface area contributed by atoms with Crippen molar-refractivity contribution in [1.29, 1.82) is 0 Å². The van der Waals surface area contributed by atoms with Gasteiger partial charge in [0.2, 0.25) is 21.8 Å². The molecule has 0 saturated carbocycles. The van der Waals surface area contributed by atoms with E-state index in [-0.39, 0.29) is 37.7 Å². The van der Waals surface area contributed by atoms with Crippen LogP contribution in [0.1, 0.15) is 38.7 Å². The van der Waals surface area contributed by atoms with Gasteiger partial charge in [-0.15, -0.1) is 0 Å². The zero-order chi connectivity index (χ0) is 26.0. The smallest absolute Gasteiger partial charge is 0.242 e. The number of para-hydroxylation sites is 2. The Bertz CT molecular complexity index is 1110. The minimum absolute atomic E-state index is 0.0626. The summed E-state index contributed by atoms with van der Waals surface area (Å²) >= 11 is 6.11. The van der Waals surface area contributed by atoms with E-state index in [1.807, 2.05) is 13.0 Å². The van der Waals surface area contributed by atoms with Crippen LogP contribution in [-0.2, 0) is 26.2 Å². The molecule has 0 bridgehead atoms. The second kappa shape index (κ2) is 13.3. The molecule has 2 aromatic rings. The van der Waals surface area contributed by atoms with E-state index in [4.69, 9.17) is 16.3 Å². The SMILES string of the molecule is CCCNC(=O)[C@H](C)N(Cc1cccc(Cl)c1)C(=O)CCCN(c1ccccc1OC)S(C)(=O)=O. The van der Waals surface area contributed by atoms with Crippen molar-refractivity contribution in [2.24, 2.45) is 0 Å². The largest absolute Gasteiger partial charge is 0.495 e. The summed E-state index contributed by atoms with van der Waals surface area (Å²) in [7, 11) is -2.14. The second-order valence-electron chi connectivity index (χ2n) is 8.23. The van der Waals surface area contributed by atoms with Gasteiger partial charge in [-0.2, -0.15) is 0 Å². The normalized spacial score (nSPS) is 12.0. The van der Waals surface area contributed by atoms with Crippen molar-refractivity contribution in [3.05, 3.63) is 59.1 Å². The van der Waals surface area contributed by atoms with Crippen LogP contribution in [0.2, 0.25) is 5.02 Å². The maximum atomic E-state index is 13.3. The van der Waals surface area contributed by atoms with Crippen molar-refractivity contribution in [3.8, 4) is 5.75 Å². The molecule has 0 aliphatic rings. The van der Waals surface area contributed by atoms with E-state index in [0.717, 1.165) is 18.2 Å². The monoisotopic (exact) mass is 523 g/mol. The molecule has 2 amide bonds. The van der Waals surface area contributed by atoms with Crippen LogP contribution < -0.4 is 14.4 Å². The summed E-state index contributed by atoms with van der Waals surface area (Å²) in [4.78, 5) is 27.4. The van der Waals surface area contributed by atoms with Crippen LogP contribution in [0.5, 0.6) is 5.75 Å². The Morgan fingerprint density at radius 2 is 1.86 bits per heavy atom. The lowest BCUT2D eigenvalue weighted by atomic mass is 10.1. The van der Waals surface area contributed by atoms with Gasteiger partial charge in [-0.05, 0) is 49.6 Å². The highest BCUT2D eigenvalue weighted by atomic mass is 35.5. The molecule has 0 saturated heterocycles. The lowest BCUT2D eigenvalue weighted by molar-refractivity contribution is -0.140. The molecule has 0 unspecified atom stereocenters. The van der Waals surface area contributed by atoms with Gasteiger partial charge in [0, 0.05) is 31.1 Å². The number of benzene rings is 2. The van der Waals surface area contributed by atoms with Crippen molar-refractivity contribution < 1.29 is 22.7 Å². The van der Waals surface area contributed by atoms with Gasteiger partial charge >= 0.3 is 0 Å². The molecule has 2 rings (SSSR count). The lowest BCUT2D eigenvalue weighted by Crippen LogP contribution is -2.47. The standard InChI is InChI=1S/C25H34ClN3O5S/c1-5-15-27-25(31)19(2)28(18-20-10-8-11-21(26)17-20)24(30)14-9-16-29(35(4,32)33)22-12-6-7-13-23(22)34-3/h6-8,10-13,17,19H,5,9,14-16,18H2,1-4H3,(H,27,31)/t19-/m0/s1. The third-order valence-electron chi connectivity index (χ3n) is 5.46. The minimum Gasteiger partial charge on any atom is -0.495 e. The zero-order valence-corrected chi connectivity index (χ0v) is 22.2. The highest BCUT2D eigenvalue weighted by molar-refractivity contribution is 7.92. The Hall–Kier alpha value is -2.78. The van der Waals surface area contributed by atoms with E-state index in [1.165, 1.54) is 16.3 Å². The topological polar surface area (TPSA) is 96.0 Å². The molecule has 0 fully saturated rings. The summed E-state index contributed by atoms with van der Waals surface area (Å²) in [5, 5.41) is 3.37. The van der Waals surface area contributed by atoms with E-state index in [2.05, 4.69) is 5.32 Å². The first-order chi connectivity index (χ1) is 16.6. The molecule has 2 aromatic carbocycles. The number of amides is 2. The number of anilines is 1. The fourth-order valence-corrected chi connectivity index (χ4v) is 4.81. The number of hydrogen-bond acceptors (Lipinski definition) is 5. The molecule has 10 heteroatoms. The molecule has 0 aliphatic carbocycles. The van der Waals surface area contributed by atoms with Gasteiger partial charge in [0.25, 0.3) is 0 Å². The number of methoxy groups -OCH3 is 1. The Morgan fingerprint density at radius 1 is 1.14 bits per heavy atom. The molecule has 0 spiro atoms. The predicted octanol–water partition coefficient (Wildman–Crippen LogP) is 3.84. The fraction of sp³-hybridized carbons (Fsp3) is 0.440. The van der Waals surface area contributed by atoms with Crippen LogP contribution in [0, 0.1) is 0 Å². The molecule has 0 radical (unpaired) electrons. The Kier molecular flexibility index (Phi) is 10.9. The molecule has 0 heterocycles. The molecule has 0 aromatic heterocycles. The van der Waals surface area contributed by atoms with Crippen molar-refractivity contribution in [2.45, 2.75) is 45.7 Å². The van der Waals surface area contributed by atoms with E-state index in [9.17, 15) is 18.0 Å². The number of nitrogens with zero attached hydrogens (tertiary/aromatic N) is 2. The first kappa shape index (κ1) is 28.5. The third kappa shape index (κ3) is 8.43. The highest BCUT2D eigenvalue weighted by Gasteiger charge is 2.27. The van der Waals surface area contributed by atoms with E-state index in [0.29, 0.717) is 23.0 Å². The van der Waals surface area contributed by atoms with Gasteiger partial charge in [-0.25, -0.2) is 8.42 Å². The number of hydrogen-bond donors (Lipinski definition) is 1. The van der Waals surface area contributed by atoms with E-state index >= 15 is 0 Å². The van der Waals surface area contributed by atoms with E-state index < -0.39 is 16.1 Å². The van der Waals surface area contributed by atoms with Crippen LogP contribution in [0.4, 0.5) is 5.69 Å². The molecular formula is C25H34ClN3O5S. The summed E-state index contributed by atoms with van der Waals surface area (Å²) < 4.78 is 31.5. The summed E-state index contributed by atoms with van der Waals surface area (Å²) in [5.74, 6) is -0.0698. The lowest BCUT2D eigenvalue weighted by Gasteiger charge is -2.29. The van der Waals surface area contributed by atoms with Crippen molar-refractivity contribution in [3.63, 3.8) is 0 Å². The average Bonchev–Trinajstić information content (AvgIpc) is 2.82. The first-order valence-corrected chi connectivity index (χ1v) is 13.7. The Balaban J connectivity index is 2.18. The number of carbonyl (C=O) groups is 2. The van der Waals surface area contributed by atoms with Gasteiger partial charge in [0.1, 0.15) is 11.8 Å². The predicted molar refractivity (Wildman–Crippen MR) is 139 cm³/mol. The van der Waals surface area contributed by atoms with Gasteiger partial charge in [-0.1, -0.05) is 42.8 Å². The number of nitrogens with one attached hydrogen (secondary N) is 1. The van der Waals surface area contributed by atoms with Gasteiger partial charge in [0.15, 0.2) is 0 Å². The first-order valence-electron chi connectivity index (χ1n) is 11.5. The minimum atomic E-state index is -3.61. The quantitative estimate of drug-likeness (QED) is 0.430. The highest BCUT2D eigenvalue weighted by Crippen LogP contribution is 2.29. The number of sulfonamides is 1. The maximum Gasteiger partial charge on any atom is 0.242 e. The van der Waals surface area contributed by atoms with Crippen molar-refractivity contribution in [2.75, 3.05) is 30.8 Å². The molecule has 1 N–H and O–H groups in total. The van der Waals surface area contributed by atoms with Crippen LogP contribution in [0.3, 0.4) is 0 Å². The van der Waals surface area contributed by atoms with Crippen LogP contribution in [-0.4, -0.2) is 57.6 Å². The Labute approximate surface area is 213 Å². The van der Waals surface area contributed by atoms with Crippen LogP contribution >= 0.6 is 11.6 Å². The molecule has 0 aliphatic heterocycles. The summed E-state index contributed by atoms with van der Waals surface area (Å²) in [6.45, 7) is 4.46. The van der Waals surface area contributed by atoms with Crippen LogP contribution in [0.15, 0.2) is 48.5 Å². The van der Waals surface area contributed by atoms with Crippen LogP contribution in [0.25, 0.3) is 0 Å². The Morgan fingerprint density at radius 3 is 2.49 bits per heavy atom. The number of carbonyl (C=O) groups excluding carboxylic acids is 2. The van der Waals surface area contributed by atoms with Crippen molar-refractivity contribution >= 4 is 39.1 Å². The molecular weight excluding hydrogens is 490 g/mol. The second-order valence-corrected chi connectivity index (χ2v) is 10.6. The third-order valence-corrected chi connectivity index (χ3v) is 6.88. The number of ether oxygens (including phenoxy) is 1. The van der Waals surface area contributed by atoms with Crippen molar-refractivity contribution in [1.82, 2.24) is 10.2 Å². The summed E-state index contributed by atoms with van der Waals surface area (Å²) in [6, 6.07) is 13.3. The summed E-state index contributed by atoms with van der Waals surface area (Å²) in [6.07, 6.45) is 2.23. The average molecular weight is 524 g/mol. The number of halogens is 1. The molecule has 35 heavy (non-hydrogen) atoms.